The summed E-state index contributed by atoms with van der Waals surface area (Å²) in [4.78, 5) is 10.5. The minimum Gasteiger partial charge on any atom is -0.475 e. The van der Waals surface area contributed by atoms with Gasteiger partial charge in [-0.2, -0.15) is 11.8 Å². The van der Waals surface area contributed by atoms with Crippen molar-refractivity contribution < 1.29 is 14.3 Å². The van der Waals surface area contributed by atoms with Crippen molar-refractivity contribution in [2.45, 2.75) is 6.42 Å². The molecule has 5 heteroatoms. The molecule has 0 saturated carbocycles. The van der Waals surface area contributed by atoms with E-state index in [2.05, 4.69) is 5.32 Å². The zero-order valence-corrected chi connectivity index (χ0v) is 9.05. The molecule has 2 N–H and O–H groups in total. The highest BCUT2D eigenvalue weighted by Crippen LogP contribution is 2.24. The van der Waals surface area contributed by atoms with Crippen LogP contribution in [0.2, 0.25) is 0 Å². The molecular weight excluding hydrogens is 214 g/mol. The summed E-state index contributed by atoms with van der Waals surface area (Å²) in [5, 5.41) is 11.8. The average Bonchev–Trinajstić information content (AvgIpc) is 2.86. The molecule has 0 aliphatic carbocycles. The number of aromatic carboxylic acids is 1. The van der Waals surface area contributed by atoms with Crippen molar-refractivity contribution in [1.29, 1.82) is 0 Å². The lowest BCUT2D eigenvalue weighted by molar-refractivity contribution is 0.0663. The Labute approximate surface area is 92.0 Å². The molecule has 1 aromatic rings. The summed E-state index contributed by atoms with van der Waals surface area (Å²) in [6.45, 7) is 0.861. The molecule has 0 aromatic carbocycles. The first-order valence-electron chi connectivity index (χ1n) is 4.90. The number of carboxylic acid groups (broad SMARTS) is 1. The molecule has 4 nitrogen and oxygen atoms in total. The number of carboxylic acids is 1. The standard InChI is InChI=1S/C10H13NO3S/c12-10(13)8-1-2-9(14-8)11-5-7-3-4-15-6-7/h1-2,7,11H,3-6H2,(H,12,13). The van der Waals surface area contributed by atoms with Crippen LogP contribution in [0.1, 0.15) is 17.0 Å². The van der Waals surface area contributed by atoms with Crippen LogP contribution in [0.4, 0.5) is 5.88 Å². The van der Waals surface area contributed by atoms with Gasteiger partial charge in [0.2, 0.25) is 5.76 Å². The Kier molecular flexibility index (Phi) is 3.20. The van der Waals surface area contributed by atoms with E-state index in [1.807, 2.05) is 11.8 Å². The third-order valence-corrected chi connectivity index (χ3v) is 3.64. The minimum atomic E-state index is -1.03. The van der Waals surface area contributed by atoms with Crippen molar-refractivity contribution in [3.05, 3.63) is 17.9 Å². The zero-order valence-electron chi connectivity index (χ0n) is 8.23. The molecule has 1 aromatic heterocycles. The van der Waals surface area contributed by atoms with E-state index in [-0.39, 0.29) is 5.76 Å². The fraction of sp³-hybridized carbons (Fsp3) is 0.500. The second-order valence-electron chi connectivity index (χ2n) is 3.58. The largest absolute Gasteiger partial charge is 0.475 e. The Bertz CT molecular complexity index is 344. The summed E-state index contributed by atoms with van der Waals surface area (Å²) in [5.74, 6) is 2.58. The maximum Gasteiger partial charge on any atom is 0.371 e. The van der Waals surface area contributed by atoms with Crippen molar-refractivity contribution in [1.82, 2.24) is 0 Å². The van der Waals surface area contributed by atoms with Gasteiger partial charge in [-0.1, -0.05) is 0 Å². The van der Waals surface area contributed by atoms with E-state index in [9.17, 15) is 4.79 Å². The van der Waals surface area contributed by atoms with Crippen LogP contribution in [-0.2, 0) is 0 Å². The zero-order chi connectivity index (χ0) is 10.7. The molecule has 2 rings (SSSR count). The van der Waals surface area contributed by atoms with E-state index >= 15 is 0 Å². The van der Waals surface area contributed by atoms with Crippen molar-refractivity contribution >= 4 is 23.6 Å². The molecule has 1 aliphatic rings. The summed E-state index contributed by atoms with van der Waals surface area (Å²) in [7, 11) is 0. The second-order valence-corrected chi connectivity index (χ2v) is 4.73. The van der Waals surface area contributed by atoms with Crippen molar-refractivity contribution in [2.24, 2.45) is 5.92 Å². The predicted molar refractivity (Wildman–Crippen MR) is 59.6 cm³/mol. The third kappa shape index (κ3) is 2.68. The lowest BCUT2D eigenvalue weighted by Crippen LogP contribution is -2.12. The SMILES string of the molecule is O=C(O)c1ccc(NCC2CCSC2)o1. The molecule has 1 atom stereocenters. The van der Waals surface area contributed by atoms with Gasteiger partial charge in [0.1, 0.15) is 0 Å². The predicted octanol–water partition coefficient (Wildman–Crippen LogP) is 2.14. The monoisotopic (exact) mass is 227 g/mol. The Hall–Kier alpha value is -1.10. The number of furan rings is 1. The molecule has 1 unspecified atom stereocenters. The fourth-order valence-corrected chi connectivity index (χ4v) is 2.82. The Morgan fingerprint density at radius 2 is 2.53 bits per heavy atom. The maximum absolute atomic E-state index is 10.5. The summed E-state index contributed by atoms with van der Waals surface area (Å²) < 4.78 is 5.09. The Balaban J connectivity index is 1.84. The normalized spacial score (nSPS) is 20.4. The second kappa shape index (κ2) is 4.61. The molecule has 0 spiro atoms. The van der Waals surface area contributed by atoms with E-state index in [1.165, 1.54) is 24.0 Å². The topological polar surface area (TPSA) is 62.5 Å². The van der Waals surface area contributed by atoms with Gasteiger partial charge in [-0.25, -0.2) is 4.79 Å². The van der Waals surface area contributed by atoms with E-state index < -0.39 is 5.97 Å². The number of anilines is 1. The summed E-state index contributed by atoms with van der Waals surface area (Å²) >= 11 is 1.96. The number of carbonyl (C=O) groups is 1. The van der Waals surface area contributed by atoms with E-state index in [4.69, 9.17) is 9.52 Å². The minimum absolute atomic E-state index is 0.0155. The quantitative estimate of drug-likeness (QED) is 0.825. The summed E-state index contributed by atoms with van der Waals surface area (Å²) in [6.07, 6.45) is 1.23. The first kappa shape index (κ1) is 10.4. The molecular formula is C10H13NO3S. The number of nitrogens with one attached hydrogen (secondary N) is 1. The van der Waals surface area contributed by atoms with Gasteiger partial charge < -0.3 is 14.8 Å². The van der Waals surface area contributed by atoms with Gasteiger partial charge in [-0.3, -0.25) is 0 Å². The molecule has 1 fully saturated rings. The van der Waals surface area contributed by atoms with Gasteiger partial charge >= 0.3 is 5.97 Å². The first-order valence-corrected chi connectivity index (χ1v) is 6.06. The fourth-order valence-electron chi connectivity index (χ4n) is 1.54. The first-order chi connectivity index (χ1) is 7.25. The van der Waals surface area contributed by atoms with Gasteiger partial charge in [-0.15, -0.1) is 0 Å². The van der Waals surface area contributed by atoms with Crippen LogP contribution in [0, 0.1) is 5.92 Å². The summed E-state index contributed by atoms with van der Waals surface area (Å²) in [5.41, 5.74) is 0. The van der Waals surface area contributed by atoms with Crippen LogP contribution in [0.25, 0.3) is 0 Å². The van der Waals surface area contributed by atoms with E-state index in [0.29, 0.717) is 11.8 Å². The highest BCUT2D eigenvalue weighted by atomic mass is 32.2. The van der Waals surface area contributed by atoms with Gasteiger partial charge in [0.25, 0.3) is 0 Å². The van der Waals surface area contributed by atoms with Gasteiger partial charge in [0.05, 0.1) is 0 Å². The molecule has 82 valence electrons. The van der Waals surface area contributed by atoms with Gasteiger partial charge in [-0.05, 0) is 29.9 Å². The van der Waals surface area contributed by atoms with Crippen LogP contribution in [0.15, 0.2) is 16.5 Å². The van der Waals surface area contributed by atoms with Crippen LogP contribution >= 0.6 is 11.8 Å². The molecule has 0 amide bonds. The van der Waals surface area contributed by atoms with E-state index in [0.717, 1.165) is 6.54 Å². The van der Waals surface area contributed by atoms with Crippen LogP contribution in [0.5, 0.6) is 0 Å². The smallest absolute Gasteiger partial charge is 0.371 e. The number of hydrogen-bond acceptors (Lipinski definition) is 4. The van der Waals surface area contributed by atoms with Crippen LogP contribution in [0.3, 0.4) is 0 Å². The van der Waals surface area contributed by atoms with Crippen molar-refractivity contribution in [3.63, 3.8) is 0 Å². The molecule has 1 saturated heterocycles. The highest BCUT2D eigenvalue weighted by molar-refractivity contribution is 7.99. The number of thioether (sulfide) groups is 1. The highest BCUT2D eigenvalue weighted by Gasteiger charge is 2.16. The van der Waals surface area contributed by atoms with Crippen molar-refractivity contribution in [2.75, 3.05) is 23.4 Å². The number of rotatable bonds is 4. The Morgan fingerprint density at radius 1 is 1.67 bits per heavy atom. The molecule has 1 aliphatic heterocycles. The Morgan fingerprint density at radius 3 is 3.13 bits per heavy atom. The van der Waals surface area contributed by atoms with Gasteiger partial charge in [0, 0.05) is 12.6 Å². The van der Waals surface area contributed by atoms with Gasteiger partial charge in [0.15, 0.2) is 5.88 Å². The molecule has 0 bridgehead atoms. The van der Waals surface area contributed by atoms with Crippen LogP contribution < -0.4 is 5.32 Å². The molecule has 2 heterocycles. The maximum atomic E-state index is 10.5. The van der Waals surface area contributed by atoms with Crippen LogP contribution in [-0.4, -0.2) is 29.1 Å². The molecule has 15 heavy (non-hydrogen) atoms. The lowest BCUT2D eigenvalue weighted by Gasteiger charge is -2.08. The van der Waals surface area contributed by atoms with Crippen molar-refractivity contribution in [3.8, 4) is 0 Å². The lowest BCUT2D eigenvalue weighted by atomic mass is 10.1. The third-order valence-electron chi connectivity index (χ3n) is 2.41. The average molecular weight is 227 g/mol. The molecule has 0 radical (unpaired) electrons. The summed E-state index contributed by atoms with van der Waals surface area (Å²) in [6, 6.07) is 3.12. The van der Waals surface area contributed by atoms with E-state index in [1.54, 1.807) is 6.07 Å². The number of hydrogen-bond donors (Lipinski definition) is 2.